The number of carbonyl (C=O) groups excluding carboxylic acids is 2. The highest BCUT2D eigenvalue weighted by Gasteiger charge is 2.31. The summed E-state index contributed by atoms with van der Waals surface area (Å²) in [6, 6.07) is 17.4. The lowest BCUT2D eigenvalue weighted by molar-refractivity contribution is 0.0689. The first-order valence-electron chi connectivity index (χ1n) is 17.2. The molecule has 266 valence electrons. The maximum atomic E-state index is 13.1. The van der Waals surface area contributed by atoms with E-state index in [4.69, 9.17) is 13.4 Å². The maximum Gasteiger partial charge on any atom is 0.259 e. The molecule has 0 spiro atoms. The minimum atomic E-state index is -0.347. The number of hydrogen-bond acceptors (Lipinski definition) is 9. The fourth-order valence-corrected chi connectivity index (χ4v) is 6.51. The number of carbonyl (C=O) groups is 2. The lowest BCUT2D eigenvalue weighted by Crippen LogP contribution is -2.39. The third-order valence-corrected chi connectivity index (χ3v) is 9.30. The molecule has 0 unspecified atom stereocenters. The summed E-state index contributed by atoms with van der Waals surface area (Å²) in [6.07, 6.45) is 9.91. The zero-order chi connectivity index (χ0) is 36.0. The lowest BCUT2D eigenvalue weighted by Gasteiger charge is -2.31. The van der Waals surface area contributed by atoms with Crippen molar-refractivity contribution in [2.45, 2.75) is 44.4 Å². The van der Waals surface area contributed by atoms with Gasteiger partial charge in [-0.2, -0.15) is 0 Å². The van der Waals surface area contributed by atoms with Crippen LogP contribution >= 0.6 is 0 Å². The van der Waals surface area contributed by atoms with Gasteiger partial charge in [0, 0.05) is 43.5 Å². The Bertz CT molecular complexity index is 2110. The molecule has 6 heterocycles. The lowest BCUT2D eigenvalue weighted by atomic mass is 9.97. The van der Waals surface area contributed by atoms with Crippen molar-refractivity contribution in [2.24, 2.45) is 0 Å². The molecule has 2 aromatic carbocycles. The Morgan fingerprint density at radius 1 is 0.731 bits per heavy atom. The molecule has 8 rings (SSSR count). The second-order valence-electron chi connectivity index (χ2n) is 12.8. The highest BCUT2D eigenvalue weighted by Crippen LogP contribution is 2.31. The zero-order valence-corrected chi connectivity index (χ0v) is 28.5. The van der Waals surface area contributed by atoms with E-state index in [2.05, 4.69) is 20.1 Å². The van der Waals surface area contributed by atoms with Crippen molar-refractivity contribution in [2.75, 3.05) is 26.2 Å². The summed E-state index contributed by atoms with van der Waals surface area (Å²) in [6.45, 7) is 4.17. The average Bonchev–Trinajstić information content (AvgIpc) is 3.98. The van der Waals surface area contributed by atoms with Gasteiger partial charge >= 0.3 is 0 Å². The van der Waals surface area contributed by atoms with Gasteiger partial charge in [0.2, 0.25) is 0 Å². The van der Waals surface area contributed by atoms with Crippen molar-refractivity contribution in [1.29, 1.82) is 0 Å². The minimum Gasteiger partial charge on any atom is -0.448 e. The first-order chi connectivity index (χ1) is 25.3. The highest BCUT2D eigenvalue weighted by molar-refractivity contribution is 5.95. The van der Waals surface area contributed by atoms with Crippen LogP contribution in [0.4, 0.5) is 8.78 Å². The molecule has 2 aliphatic heterocycles. The fourth-order valence-electron chi connectivity index (χ4n) is 6.51. The quantitative estimate of drug-likeness (QED) is 0.171. The number of aromatic nitrogens is 4. The predicted molar refractivity (Wildman–Crippen MR) is 185 cm³/mol. The van der Waals surface area contributed by atoms with E-state index >= 15 is 0 Å². The number of hydrogen-bond donors (Lipinski definition) is 0. The van der Waals surface area contributed by atoms with Crippen LogP contribution in [0.1, 0.15) is 75.8 Å². The molecule has 2 atom stereocenters. The van der Waals surface area contributed by atoms with Gasteiger partial charge in [-0.05, 0) is 93.3 Å². The first-order valence-corrected chi connectivity index (χ1v) is 17.2. The minimum absolute atomic E-state index is 0.0297. The van der Waals surface area contributed by atoms with E-state index in [1.165, 1.54) is 42.6 Å². The number of aryl methyl sites for hydroxylation is 1. The number of oxazole rings is 2. The van der Waals surface area contributed by atoms with Crippen molar-refractivity contribution in [3.8, 4) is 22.6 Å². The summed E-state index contributed by atoms with van der Waals surface area (Å²) >= 11 is 0. The van der Waals surface area contributed by atoms with Crippen LogP contribution in [0.2, 0.25) is 0 Å². The van der Waals surface area contributed by atoms with Gasteiger partial charge in [0.05, 0.1) is 23.7 Å². The number of amides is 2. The summed E-state index contributed by atoms with van der Waals surface area (Å²) in [5.41, 5.74) is 3.90. The normalized spacial score (nSPS) is 17.4. The molecule has 2 aliphatic rings. The molecule has 0 radical (unpaired) electrons. The van der Waals surface area contributed by atoms with Crippen LogP contribution in [-0.2, 0) is 0 Å². The van der Waals surface area contributed by atoms with Crippen LogP contribution in [0.25, 0.3) is 22.6 Å². The van der Waals surface area contributed by atoms with Crippen molar-refractivity contribution < 1.29 is 31.7 Å². The van der Waals surface area contributed by atoms with Crippen molar-refractivity contribution in [3.05, 3.63) is 132 Å². The summed E-state index contributed by atoms with van der Waals surface area (Å²) in [7, 11) is 0. The second kappa shape index (κ2) is 15.5. The molecule has 2 fully saturated rings. The molecular weight excluding hydrogens is 670 g/mol. The second-order valence-corrected chi connectivity index (χ2v) is 12.8. The summed E-state index contributed by atoms with van der Waals surface area (Å²) in [5.74, 6) is 1.01. The standard InChI is InChI=1S/C20H18FN3O2.C19H18FN3O3/c21-16-8-6-14(7-9-16)20(25)24-11-3-4-15(12-24)19-23-18(13-26-19)17-5-1-2-10-22-17;1-12-16(9-21-26-12)19(24)23-8-2-3-14(10-23)18-22-17(11-25-18)13-4-6-15(20)7-5-13/h1-2,5-10,13,15H,3-4,11-12H2;4-7,9,11,14H,2-3,8,10H2,1H3/t15-;14-/m00/s1. The van der Waals surface area contributed by atoms with Gasteiger partial charge in [-0.25, -0.2) is 18.7 Å². The zero-order valence-electron chi connectivity index (χ0n) is 28.5. The van der Waals surface area contributed by atoms with Crippen molar-refractivity contribution in [1.82, 2.24) is 29.9 Å². The molecule has 0 aliphatic carbocycles. The fraction of sp³-hybridized carbons (Fsp3) is 0.282. The number of benzene rings is 2. The number of piperidine rings is 2. The number of nitrogens with zero attached hydrogens (tertiary/aromatic N) is 6. The van der Waals surface area contributed by atoms with E-state index in [0.29, 0.717) is 66.2 Å². The Kier molecular flexibility index (Phi) is 10.3. The maximum absolute atomic E-state index is 13.1. The topological polar surface area (TPSA) is 132 Å². The molecular formula is C39H36F2N6O5. The number of pyridine rings is 1. The summed E-state index contributed by atoms with van der Waals surface area (Å²) in [4.78, 5) is 42.3. The van der Waals surface area contributed by atoms with Crippen LogP contribution in [0, 0.1) is 18.6 Å². The van der Waals surface area contributed by atoms with Crippen molar-refractivity contribution in [3.63, 3.8) is 0 Å². The Morgan fingerprint density at radius 3 is 1.92 bits per heavy atom. The van der Waals surface area contributed by atoms with Gasteiger partial charge in [-0.3, -0.25) is 14.6 Å². The molecule has 2 saturated heterocycles. The molecule has 0 saturated carbocycles. The van der Waals surface area contributed by atoms with Crippen LogP contribution < -0.4 is 0 Å². The molecule has 2 amide bonds. The van der Waals surface area contributed by atoms with E-state index in [1.54, 1.807) is 47.6 Å². The third-order valence-electron chi connectivity index (χ3n) is 9.30. The van der Waals surface area contributed by atoms with Gasteiger partial charge in [0.1, 0.15) is 46.9 Å². The molecule has 11 nitrogen and oxygen atoms in total. The number of likely N-dealkylation sites (tertiary alicyclic amines) is 2. The Morgan fingerprint density at radius 2 is 1.33 bits per heavy atom. The molecule has 13 heteroatoms. The Hall–Kier alpha value is -5.98. The Balaban J connectivity index is 0.000000162. The highest BCUT2D eigenvalue weighted by atomic mass is 19.1. The smallest absolute Gasteiger partial charge is 0.259 e. The van der Waals surface area contributed by atoms with Gasteiger partial charge in [0.25, 0.3) is 11.8 Å². The van der Waals surface area contributed by atoms with E-state index in [-0.39, 0.29) is 35.3 Å². The molecule has 4 aromatic heterocycles. The molecule has 0 bridgehead atoms. The van der Waals surface area contributed by atoms with E-state index in [0.717, 1.165) is 36.9 Å². The largest absolute Gasteiger partial charge is 0.448 e. The van der Waals surface area contributed by atoms with Gasteiger partial charge < -0.3 is 23.2 Å². The molecule has 0 N–H and O–H groups in total. The predicted octanol–water partition coefficient (Wildman–Crippen LogP) is 7.69. The van der Waals surface area contributed by atoms with Crippen LogP contribution in [-0.4, -0.2) is 67.9 Å². The SMILES string of the molecule is Cc1oncc1C(=O)N1CCC[C@H](c2nc(-c3ccc(F)cc3)co2)C1.O=C(c1ccc(F)cc1)N1CCC[C@H](c2nc(-c3ccccn3)co2)C1. The number of rotatable bonds is 6. The molecule has 52 heavy (non-hydrogen) atoms. The average molecular weight is 707 g/mol. The Labute approximate surface area is 298 Å². The number of halogens is 2. The van der Waals surface area contributed by atoms with Crippen LogP contribution in [0.3, 0.4) is 0 Å². The molecule has 6 aromatic rings. The van der Waals surface area contributed by atoms with Crippen LogP contribution in [0.15, 0.2) is 105 Å². The van der Waals surface area contributed by atoms with Gasteiger partial charge in [0.15, 0.2) is 11.8 Å². The van der Waals surface area contributed by atoms with E-state index in [1.807, 2.05) is 18.2 Å². The first kappa shape index (κ1) is 34.5. The summed E-state index contributed by atoms with van der Waals surface area (Å²) in [5, 5.41) is 3.68. The van der Waals surface area contributed by atoms with Gasteiger partial charge in [-0.1, -0.05) is 11.2 Å². The monoisotopic (exact) mass is 706 g/mol. The van der Waals surface area contributed by atoms with Gasteiger partial charge in [-0.15, -0.1) is 0 Å². The van der Waals surface area contributed by atoms with Crippen LogP contribution in [0.5, 0.6) is 0 Å². The van der Waals surface area contributed by atoms with E-state index in [9.17, 15) is 18.4 Å². The van der Waals surface area contributed by atoms with Crippen molar-refractivity contribution >= 4 is 11.8 Å². The third kappa shape index (κ3) is 7.83. The summed E-state index contributed by atoms with van der Waals surface area (Å²) < 4.78 is 42.5. The van der Waals surface area contributed by atoms with E-state index < -0.39 is 0 Å².